The van der Waals surface area contributed by atoms with Crippen molar-refractivity contribution in [2.24, 2.45) is 0 Å². The van der Waals surface area contributed by atoms with E-state index in [4.69, 9.17) is 4.52 Å². The Labute approximate surface area is 145 Å². The van der Waals surface area contributed by atoms with Gasteiger partial charge in [-0.05, 0) is 36.4 Å². The first-order chi connectivity index (χ1) is 12.3. The van der Waals surface area contributed by atoms with Crippen molar-refractivity contribution in [2.45, 2.75) is 6.54 Å². The lowest BCUT2D eigenvalue weighted by Crippen LogP contribution is -2.46. The Morgan fingerprint density at radius 3 is 2.56 bits per heavy atom. The summed E-state index contributed by atoms with van der Waals surface area (Å²) >= 11 is 0. The number of piperazine rings is 1. The maximum absolute atomic E-state index is 9.39. The lowest BCUT2D eigenvalue weighted by atomic mass is 10.2. The van der Waals surface area contributed by atoms with Gasteiger partial charge >= 0.3 is 0 Å². The molecule has 3 aromatic rings. The number of pyridine rings is 1. The molecule has 25 heavy (non-hydrogen) atoms. The first-order valence-corrected chi connectivity index (χ1v) is 8.27. The molecule has 0 saturated carbocycles. The van der Waals surface area contributed by atoms with Gasteiger partial charge in [0.15, 0.2) is 0 Å². The third kappa shape index (κ3) is 3.61. The summed E-state index contributed by atoms with van der Waals surface area (Å²) in [5, 5.41) is 13.4. The number of rotatable bonds is 4. The van der Waals surface area contributed by atoms with Gasteiger partial charge in [-0.2, -0.15) is 4.98 Å². The molecule has 7 heteroatoms. The van der Waals surface area contributed by atoms with Crippen LogP contribution >= 0.6 is 0 Å². The van der Waals surface area contributed by atoms with Crippen molar-refractivity contribution in [1.29, 1.82) is 0 Å². The SMILES string of the molecule is Oc1ccc(N2CCN(Cc3nc(-c4cccnc4)no3)CC2)cc1. The summed E-state index contributed by atoms with van der Waals surface area (Å²) in [6.07, 6.45) is 3.45. The molecule has 7 nitrogen and oxygen atoms in total. The van der Waals surface area contributed by atoms with Crippen LogP contribution in [0, 0.1) is 0 Å². The number of benzene rings is 1. The van der Waals surface area contributed by atoms with Crippen LogP contribution in [-0.4, -0.2) is 51.3 Å². The van der Waals surface area contributed by atoms with Gasteiger partial charge in [0.1, 0.15) is 5.75 Å². The van der Waals surface area contributed by atoms with Crippen molar-refractivity contribution in [3.63, 3.8) is 0 Å². The van der Waals surface area contributed by atoms with E-state index in [1.807, 2.05) is 24.3 Å². The lowest BCUT2D eigenvalue weighted by Gasteiger charge is -2.35. The molecule has 3 heterocycles. The van der Waals surface area contributed by atoms with Crippen LogP contribution in [0.25, 0.3) is 11.4 Å². The molecule has 1 N–H and O–H groups in total. The van der Waals surface area contributed by atoms with Gasteiger partial charge in [-0.3, -0.25) is 9.88 Å². The maximum Gasteiger partial charge on any atom is 0.241 e. The minimum absolute atomic E-state index is 0.295. The molecule has 1 aromatic carbocycles. The van der Waals surface area contributed by atoms with Gasteiger partial charge in [-0.1, -0.05) is 5.16 Å². The Bertz CT molecular complexity index is 811. The van der Waals surface area contributed by atoms with E-state index in [1.54, 1.807) is 24.5 Å². The Kier molecular flexibility index (Phi) is 4.30. The predicted octanol–water partition coefficient (Wildman–Crippen LogP) is 2.16. The van der Waals surface area contributed by atoms with E-state index in [0.29, 0.717) is 24.0 Å². The third-order valence-electron chi connectivity index (χ3n) is 4.33. The highest BCUT2D eigenvalue weighted by Crippen LogP contribution is 2.20. The van der Waals surface area contributed by atoms with E-state index in [1.165, 1.54) is 0 Å². The molecule has 0 atom stereocenters. The molecular formula is C18H19N5O2. The summed E-state index contributed by atoms with van der Waals surface area (Å²) in [6.45, 7) is 4.34. The quantitative estimate of drug-likeness (QED) is 0.781. The van der Waals surface area contributed by atoms with Gasteiger partial charge in [0.2, 0.25) is 11.7 Å². The zero-order chi connectivity index (χ0) is 17.1. The Morgan fingerprint density at radius 1 is 1.04 bits per heavy atom. The second kappa shape index (κ2) is 6.90. The summed E-state index contributed by atoms with van der Waals surface area (Å²) in [4.78, 5) is 13.1. The number of nitrogens with zero attached hydrogens (tertiary/aromatic N) is 5. The summed E-state index contributed by atoms with van der Waals surface area (Å²) in [6, 6.07) is 11.1. The summed E-state index contributed by atoms with van der Waals surface area (Å²) in [7, 11) is 0. The van der Waals surface area contributed by atoms with E-state index in [9.17, 15) is 5.11 Å². The van der Waals surface area contributed by atoms with Crippen molar-refractivity contribution in [1.82, 2.24) is 20.0 Å². The first kappa shape index (κ1) is 15.6. The van der Waals surface area contributed by atoms with Gasteiger partial charge in [0.25, 0.3) is 0 Å². The molecular weight excluding hydrogens is 318 g/mol. The minimum atomic E-state index is 0.295. The average Bonchev–Trinajstić information content (AvgIpc) is 3.12. The molecule has 1 aliphatic rings. The van der Waals surface area contributed by atoms with Gasteiger partial charge < -0.3 is 14.5 Å². The van der Waals surface area contributed by atoms with Gasteiger partial charge in [-0.15, -0.1) is 0 Å². The molecule has 0 spiro atoms. The van der Waals surface area contributed by atoms with E-state index in [2.05, 4.69) is 24.9 Å². The van der Waals surface area contributed by atoms with Crippen molar-refractivity contribution < 1.29 is 9.63 Å². The Morgan fingerprint density at radius 2 is 1.84 bits per heavy atom. The minimum Gasteiger partial charge on any atom is -0.508 e. The zero-order valence-electron chi connectivity index (χ0n) is 13.7. The van der Waals surface area contributed by atoms with Crippen LogP contribution in [0.15, 0.2) is 53.3 Å². The van der Waals surface area contributed by atoms with Crippen LogP contribution in [0.4, 0.5) is 5.69 Å². The maximum atomic E-state index is 9.39. The van der Waals surface area contributed by atoms with Crippen LogP contribution in [0.1, 0.15) is 5.89 Å². The summed E-state index contributed by atoms with van der Waals surface area (Å²) < 4.78 is 5.37. The van der Waals surface area contributed by atoms with Gasteiger partial charge in [0, 0.05) is 49.8 Å². The fourth-order valence-electron chi connectivity index (χ4n) is 2.95. The average molecular weight is 337 g/mol. The highest BCUT2D eigenvalue weighted by molar-refractivity contribution is 5.52. The third-order valence-corrected chi connectivity index (χ3v) is 4.33. The number of phenols is 1. The van der Waals surface area contributed by atoms with E-state index >= 15 is 0 Å². The molecule has 0 bridgehead atoms. The second-order valence-electron chi connectivity index (χ2n) is 6.03. The highest BCUT2D eigenvalue weighted by Gasteiger charge is 2.19. The first-order valence-electron chi connectivity index (χ1n) is 8.27. The fraction of sp³-hybridized carbons (Fsp3) is 0.278. The van der Waals surface area contributed by atoms with Crippen molar-refractivity contribution >= 4 is 5.69 Å². The highest BCUT2D eigenvalue weighted by atomic mass is 16.5. The fourth-order valence-corrected chi connectivity index (χ4v) is 2.95. The van der Waals surface area contributed by atoms with Crippen LogP contribution in [-0.2, 0) is 6.54 Å². The number of phenolic OH excluding ortho intramolecular Hbond substituents is 1. The number of hydrogen-bond donors (Lipinski definition) is 1. The Balaban J connectivity index is 1.34. The normalized spacial score (nSPS) is 15.4. The molecule has 0 unspecified atom stereocenters. The van der Waals surface area contributed by atoms with Crippen molar-refractivity contribution in [3.8, 4) is 17.1 Å². The number of anilines is 1. The molecule has 0 radical (unpaired) electrons. The molecule has 2 aromatic heterocycles. The van der Waals surface area contributed by atoms with Crippen molar-refractivity contribution in [3.05, 3.63) is 54.7 Å². The molecule has 1 fully saturated rings. The second-order valence-corrected chi connectivity index (χ2v) is 6.03. The van der Waals surface area contributed by atoms with E-state index < -0.39 is 0 Å². The topological polar surface area (TPSA) is 78.5 Å². The number of aromatic hydroxyl groups is 1. The summed E-state index contributed by atoms with van der Waals surface area (Å²) in [5.41, 5.74) is 1.99. The molecule has 0 aliphatic carbocycles. The van der Waals surface area contributed by atoms with Crippen molar-refractivity contribution in [2.75, 3.05) is 31.1 Å². The zero-order valence-corrected chi connectivity index (χ0v) is 13.7. The summed E-state index contributed by atoms with van der Waals surface area (Å²) in [5.74, 6) is 1.49. The predicted molar refractivity (Wildman–Crippen MR) is 93.1 cm³/mol. The standard InChI is InChI=1S/C18H19N5O2/c24-16-5-3-15(4-6-16)23-10-8-22(9-11-23)13-17-20-18(21-25-17)14-2-1-7-19-12-14/h1-7,12,24H,8-11,13H2. The lowest BCUT2D eigenvalue weighted by molar-refractivity contribution is 0.215. The van der Waals surface area contributed by atoms with Crippen LogP contribution in [0.5, 0.6) is 5.75 Å². The molecule has 1 aliphatic heterocycles. The van der Waals surface area contributed by atoms with E-state index in [0.717, 1.165) is 37.4 Å². The molecule has 1 saturated heterocycles. The Hall–Kier alpha value is -2.93. The van der Waals surface area contributed by atoms with E-state index in [-0.39, 0.29) is 0 Å². The van der Waals surface area contributed by atoms with Gasteiger partial charge in [0.05, 0.1) is 6.54 Å². The number of aromatic nitrogens is 3. The molecule has 0 amide bonds. The van der Waals surface area contributed by atoms with Crippen LogP contribution in [0.3, 0.4) is 0 Å². The monoisotopic (exact) mass is 337 g/mol. The smallest absolute Gasteiger partial charge is 0.241 e. The van der Waals surface area contributed by atoms with Crippen LogP contribution in [0.2, 0.25) is 0 Å². The van der Waals surface area contributed by atoms with Crippen LogP contribution < -0.4 is 4.90 Å². The number of hydrogen-bond acceptors (Lipinski definition) is 7. The van der Waals surface area contributed by atoms with Gasteiger partial charge in [-0.25, -0.2) is 0 Å². The molecule has 128 valence electrons. The largest absolute Gasteiger partial charge is 0.508 e. The molecule has 4 rings (SSSR count).